The number of alkyl halides is 6. The topological polar surface area (TPSA) is 59.4 Å². The van der Waals surface area contributed by atoms with Gasteiger partial charge in [-0.2, -0.15) is 31.6 Å². The van der Waals surface area contributed by atoms with Gasteiger partial charge < -0.3 is 15.1 Å². The molecule has 5 nitrogen and oxygen atoms in total. The number of nitrogens with one attached hydrogen (secondary N) is 1. The van der Waals surface area contributed by atoms with Crippen LogP contribution in [0.1, 0.15) is 66.7 Å². The van der Waals surface area contributed by atoms with Crippen LogP contribution in [-0.4, -0.2) is 48.1 Å². The Balaban J connectivity index is 1.52. The Morgan fingerprint density at radius 1 is 0.949 bits per heavy atom. The first-order chi connectivity index (χ1) is 18.4. The third-order valence-electron chi connectivity index (χ3n) is 7.58. The third-order valence-corrected chi connectivity index (χ3v) is 7.58. The molecular formula is C28H30F6N4O. The molecule has 2 aliphatic rings. The predicted octanol–water partition coefficient (Wildman–Crippen LogP) is 7.25. The molecule has 1 heterocycles. The summed E-state index contributed by atoms with van der Waals surface area (Å²) in [5.74, 6) is 0.204. The highest BCUT2D eigenvalue weighted by molar-refractivity contribution is 5.90. The zero-order chi connectivity index (χ0) is 28.2. The van der Waals surface area contributed by atoms with Gasteiger partial charge in [-0.25, -0.2) is 4.79 Å². The Morgan fingerprint density at radius 3 is 2.13 bits per heavy atom. The lowest BCUT2D eigenvalue weighted by molar-refractivity contribution is -0.143. The molecule has 11 heteroatoms. The van der Waals surface area contributed by atoms with Crippen LogP contribution in [0.15, 0.2) is 42.5 Å². The van der Waals surface area contributed by atoms with Crippen LogP contribution in [0.5, 0.6) is 0 Å². The first-order valence-corrected chi connectivity index (χ1v) is 13.0. The van der Waals surface area contributed by atoms with Gasteiger partial charge in [-0.1, -0.05) is 12.1 Å². The van der Waals surface area contributed by atoms with Crippen LogP contribution in [0.3, 0.4) is 0 Å². The number of hydrogen-bond donors (Lipinski definition) is 1. The minimum atomic E-state index is -5.00. The molecule has 2 aromatic rings. The van der Waals surface area contributed by atoms with Crippen LogP contribution < -0.4 is 5.32 Å². The Kier molecular flexibility index (Phi) is 8.74. The number of amides is 2. The minimum Gasteiger partial charge on any atom is -0.320 e. The molecule has 0 radical (unpaired) electrons. The van der Waals surface area contributed by atoms with Crippen molar-refractivity contribution in [1.82, 2.24) is 9.80 Å². The molecule has 1 aliphatic carbocycles. The van der Waals surface area contributed by atoms with Gasteiger partial charge in [0.2, 0.25) is 0 Å². The predicted molar refractivity (Wildman–Crippen MR) is 134 cm³/mol. The smallest absolute Gasteiger partial charge is 0.320 e. The number of urea groups is 1. The monoisotopic (exact) mass is 552 g/mol. The second-order valence-corrected chi connectivity index (χ2v) is 10.2. The Labute approximate surface area is 223 Å². The van der Waals surface area contributed by atoms with Crippen LogP contribution in [0, 0.1) is 11.3 Å². The maximum atomic E-state index is 13.4. The fourth-order valence-electron chi connectivity index (χ4n) is 5.51. The summed E-state index contributed by atoms with van der Waals surface area (Å²) in [6.07, 6.45) is -5.16. The van der Waals surface area contributed by atoms with E-state index in [-0.39, 0.29) is 18.0 Å². The number of halogens is 6. The number of carbonyl (C=O) groups is 1. The van der Waals surface area contributed by atoms with E-state index in [2.05, 4.69) is 16.3 Å². The van der Waals surface area contributed by atoms with Crippen molar-refractivity contribution in [3.05, 3.63) is 64.7 Å². The van der Waals surface area contributed by atoms with Crippen molar-refractivity contribution in [2.75, 3.05) is 31.5 Å². The van der Waals surface area contributed by atoms with Crippen LogP contribution in [0.4, 0.5) is 36.8 Å². The number of nitrogens with zero attached hydrogens (tertiary/aromatic N) is 3. The van der Waals surface area contributed by atoms with Crippen molar-refractivity contribution >= 4 is 11.7 Å². The number of rotatable bonds is 6. The summed E-state index contributed by atoms with van der Waals surface area (Å²) in [6.45, 7) is 2.67. The average Bonchev–Trinajstić information content (AvgIpc) is 3.42. The number of anilines is 1. The second kappa shape index (κ2) is 11.9. The van der Waals surface area contributed by atoms with Crippen LogP contribution in [-0.2, 0) is 12.4 Å². The van der Waals surface area contributed by atoms with Gasteiger partial charge in [-0.3, -0.25) is 0 Å². The SMILES string of the molecule is N#Cc1cccc([C@H]2CC[C@@H](N(CCN3CCCC3)C(=O)Nc3cc(C(F)(F)F)cc(C(F)(F)F)c3)CC2)c1. The summed E-state index contributed by atoms with van der Waals surface area (Å²) in [7, 11) is 0. The van der Waals surface area contributed by atoms with E-state index >= 15 is 0 Å². The van der Waals surface area contributed by atoms with Crippen molar-refractivity contribution in [1.29, 1.82) is 5.26 Å². The van der Waals surface area contributed by atoms with Crippen LogP contribution >= 0.6 is 0 Å². The van der Waals surface area contributed by atoms with Gasteiger partial charge >= 0.3 is 18.4 Å². The molecule has 4 rings (SSSR count). The molecule has 0 unspecified atom stereocenters. The standard InChI is InChI=1S/C28H30F6N4O/c29-27(30,31)22-15-23(28(32,33)34)17-24(16-22)36-26(39)38(13-12-37-10-1-2-11-37)25-8-6-20(7-9-25)21-5-3-4-19(14-21)18-35/h3-5,14-17,20,25H,1-2,6-13H2,(H,36,39)/t20-,25+. The van der Waals surface area contributed by atoms with E-state index < -0.39 is 35.2 Å². The molecule has 2 amide bonds. The zero-order valence-electron chi connectivity index (χ0n) is 21.3. The van der Waals surface area contributed by atoms with E-state index in [1.165, 1.54) is 0 Å². The Morgan fingerprint density at radius 2 is 1.56 bits per heavy atom. The Hall–Kier alpha value is -3.26. The van der Waals surface area contributed by atoms with Gasteiger partial charge in [-0.15, -0.1) is 0 Å². The molecule has 0 aromatic heterocycles. The highest BCUT2D eigenvalue weighted by Crippen LogP contribution is 2.38. The van der Waals surface area contributed by atoms with Gasteiger partial charge in [0.05, 0.1) is 22.8 Å². The van der Waals surface area contributed by atoms with E-state index in [1.807, 2.05) is 18.2 Å². The van der Waals surface area contributed by atoms with E-state index in [0.717, 1.165) is 44.3 Å². The van der Waals surface area contributed by atoms with Crippen molar-refractivity contribution in [2.45, 2.75) is 62.8 Å². The van der Waals surface area contributed by atoms with Gasteiger partial charge in [0.1, 0.15) is 0 Å². The molecule has 2 fully saturated rings. The molecule has 2 aromatic carbocycles. The molecule has 0 atom stereocenters. The summed E-state index contributed by atoms with van der Waals surface area (Å²) >= 11 is 0. The third kappa shape index (κ3) is 7.44. The summed E-state index contributed by atoms with van der Waals surface area (Å²) in [4.78, 5) is 17.1. The molecule has 1 saturated carbocycles. The maximum Gasteiger partial charge on any atom is 0.416 e. The molecule has 210 valence electrons. The van der Waals surface area contributed by atoms with Crippen molar-refractivity contribution in [3.63, 3.8) is 0 Å². The highest BCUT2D eigenvalue weighted by atomic mass is 19.4. The van der Waals surface area contributed by atoms with Crippen LogP contribution in [0.2, 0.25) is 0 Å². The fraction of sp³-hybridized carbons (Fsp3) is 0.500. The summed E-state index contributed by atoms with van der Waals surface area (Å²) in [6, 6.07) is 9.71. The molecule has 0 bridgehead atoms. The van der Waals surface area contributed by atoms with Crippen molar-refractivity contribution in [2.24, 2.45) is 0 Å². The van der Waals surface area contributed by atoms with Crippen LogP contribution in [0.25, 0.3) is 0 Å². The summed E-state index contributed by atoms with van der Waals surface area (Å²) in [5.41, 5.74) is -1.88. The van der Waals surface area contributed by atoms with Gasteiger partial charge in [0, 0.05) is 24.8 Å². The summed E-state index contributed by atoms with van der Waals surface area (Å²) < 4.78 is 80.0. The molecular weight excluding hydrogens is 522 g/mol. The second-order valence-electron chi connectivity index (χ2n) is 10.2. The van der Waals surface area contributed by atoms with Crippen molar-refractivity contribution in [3.8, 4) is 6.07 Å². The number of carbonyl (C=O) groups excluding carboxylic acids is 1. The summed E-state index contributed by atoms with van der Waals surface area (Å²) in [5, 5.41) is 11.5. The number of likely N-dealkylation sites (tertiary alicyclic amines) is 1. The molecule has 1 N–H and O–H groups in total. The van der Waals surface area contributed by atoms with Gasteiger partial charge in [0.15, 0.2) is 0 Å². The highest BCUT2D eigenvalue weighted by Gasteiger charge is 2.37. The number of nitriles is 1. The average molecular weight is 553 g/mol. The lowest BCUT2D eigenvalue weighted by Crippen LogP contribution is -2.47. The zero-order valence-corrected chi connectivity index (χ0v) is 21.3. The lowest BCUT2D eigenvalue weighted by Gasteiger charge is -2.38. The van der Waals surface area contributed by atoms with Gasteiger partial charge in [-0.05, 0) is 93.4 Å². The first kappa shape index (κ1) is 28.7. The molecule has 1 aliphatic heterocycles. The molecule has 0 spiro atoms. The Bertz CT molecular complexity index is 1160. The number of hydrogen-bond acceptors (Lipinski definition) is 3. The van der Waals surface area contributed by atoms with E-state index in [9.17, 15) is 36.4 Å². The first-order valence-electron chi connectivity index (χ1n) is 13.0. The minimum absolute atomic E-state index is 0.0450. The van der Waals surface area contributed by atoms with E-state index in [4.69, 9.17) is 0 Å². The fourth-order valence-corrected chi connectivity index (χ4v) is 5.51. The number of benzene rings is 2. The van der Waals surface area contributed by atoms with E-state index in [1.54, 1.807) is 11.0 Å². The van der Waals surface area contributed by atoms with Crippen molar-refractivity contribution < 1.29 is 31.1 Å². The molecule has 1 saturated heterocycles. The van der Waals surface area contributed by atoms with E-state index in [0.29, 0.717) is 43.6 Å². The normalized spacial score (nSPS) is 20.4. The van der Waals surface area contributed by atoms with Gasteiger partial charge in [0.25, 0.3) is 0 Å². The lowest BCUT2D eigenvalue weighted by atomic mass is 9.81. The molecule has 39 heavy (non-hydrogen) atoms. The maximum absolute atomic E-state index is 13.4. The quantitative estimate of drug-likeness (QED) is 0.384. The largest absolute Gasteiger partial charge is 0.416 e.